The summed E-state index contributed by atoms with van der Waals surface area (Å²) < 4.78 is 0.979. The number of hydrogen-bond acceptors (Lipinski definition) is 5. The van der Waals surface area contributed by atoms with Crippen LogP contribution in [0.15, 0.2) is 4.79 Å². The Morgan fingerprint density at radius 2 is 2.33 bits per heavy atom. The van der Waals surface area contributed by atoms with Crippen molar-refractivity contribution in [1.82, 2.24) is 9.55 Å². The van der Waals surface area contributed by atoms with Gasteiger partial charge < -0.3 is 10.5 Å². The fraction of sp³-hybridized carbons (Fsp3) is 0.286. The zero-order chi connectivity index (χ0) is 11.6. The number of nitrogen functional groups attached to an aromatic ring is 1. The lowest BCUT2D eigenvalue weighted by atomic mass is 10.4. The number of aliphatic carboxylic acids is 1. The van der Waals surface area contributed by atoms with Crippen LogP contribution < -0.4 is 16.8 Å². The molecule has 0 aliphatic heterocycles. The summed E-state index contributed by atoms with van der Waals surface area (Å²) in [5, 5.41) is 8.63. The third-order valence-electron chi connectivity index (χ3n) is 1.79. The topological polar surface area (TPSA) is 110 Å². The van der Waals surface area contributed by atoms with Crippen LogP contribution in [0.3, 0.4) is 0 Å². The highest BCUT2D eigenvalue weighted by Gasteiger charge is 2.13. The number of nitrogens with two attached hydrogens (primary N) is 1. The molecule has 1 aromatic heterocycles. The molecule has 1 rings (SSSR count). The Labute approximate surface area is 89.5 Å². The molecule has 7 nitrogen and oxygen atoms in total. The minimum atomic E-state index is -1.15. The highest BCUT2D eigenvalue weighted by Crippen LogP contribution is 2.11. The summed E-state index contributed by atoms with van der Waals surface area (Å²) in [5.74, 6) is 3.70. The van der Waals surface area contributed by atoms with Gasteiger partial charge in [-0.15, -0.1) is 0 Å². The van der Waals surface area contributed by atoms with Gasteiger partial charge >= 0.3 is 5.97 Å². The maximum atomic E-state index is 11.5. The van der Waals surface area contributed by atoms with Crippen LogP contribution in [0.5, 0.6) is 0 Å². The number of nitrogens with one attached hydrogen (secondary N) is 1. The van der Waals surface area contributed by atoms with Crippen molar-refractivity contribution >= 4 is 23.4 Å². The smallest absolute Gasteiger partial charge is 0.323 e. The van der Waals surface area contributed by atoms with Gasteiger partial charge in [-0.2, -0.15) is 0 Å². The molecule has 0 saturated carbocycles. The average molecular weight is 233 g/mol. The van der Waals surface area contributed by atoms with Crippen LogP contribution in [-0.4, -0.2) is 20.6 Å². The molecule has 0 spiro atoms. The predicted octanol–water partition coefficient (Wildman–Crippen LogP) is -0.425. The monoisotopic (exact) mass is 232 g/mol. The van der Waals surface area contributed by atoms with E-state index in [0.717, 1.165) is 4.57 Å². The molecular formula is C7H9ClN4O3. The summed E-state index contributed by atoms with van der Waals surface area (Å²) in [6.45, 7) is 1.02. The van der Waals surface area contributed by atoms with Gasteiger partial charge in [-0.1, -0.05) is 11.6 Å². The Hall–Kier alpha value is -1.60. The first-order valence-corrected chi connectivity index (χ1v) is 4.30. The minimum absolute atomic E-state index is 0.0313. The standard InChI is InChI=1S/C7H9ClN4O3/c1-3-5(8)10-6(11-9)7(15)12(3)2-4(13)14/h2,9H2,1H3,(H,10,11)(H,13,14). The van der Waals surface area contributed by atoms with Crippen molar-refractivity contribution in [2.75, 3.05) is 5.43 Å². The maximum absolute atomic E-state index is 11.5. The Balaban J connectivity index is 3.40. The highest BCUT2D eigenvalue weighted by atomic mass is 35.5. The van der Waals surface area contributed by atoms with E-state index in [1.54, 1.807) is 0 Å². The summed E-state index contributed by atoms with van der Waals surface area (Å²) in [5.41, 5.74) is 1.71. The zero-order valence-electron chi connectivity index (χ0n) is 7.82. The number of nitrogens with zero attached hydrogens (tertiary/aromatic N) is 2. The second-order valence-corrected chi connectivity index (χ2v) is 3.12. The quantitative estimate of drug-likeness (QED) is 0.482. The second-order valence-electron chi connectivity index (χ2n) is 2.77. The molecule has 0 unspecified atom stereocenters. The van der Waals surface area contributed by atoms with Crippen LogP contribution >= 0.6 is 11.6 Å². The number of rotatable bonds is 3. The molecule has 0 aliphatic carbocycles. The number of hydrogen-bond donors (Lipinski definition) is 3. The molecule has 0 saturated heterocycles. The fourth-order valence-corrected chi connectivity index (χ4v) is 1.22. The average Bonchev–Trinajstić information content (AvgIpc) is 2.18. The number of hydrazine groups is 1. The van der Waals surface area contributed by atoms with Gasteiger partial charge in [0.1, 0.15) is 6.54 Å². The molecule has 0 aliphatic rings. The normalized spacial score (nSPS) is 10.1. The van der Waals surface area contributed by atoms with Crippen molar-refractivity contribution in [2.45, 2.75) is 13.5 Å². The maximum Gasteiger partial charge on any atom is 0.323 e. The van der Waals surface area contributed by atoms with Crippen LogP contribution in [0.2, 0.25) is 5.15 Å². The fourth-order valence-electron chi connectivity index (χ4n) is 1.04. The van der Waals surface area contributed by atoms with Gasteiger partial charge in [0.25, 0.3) is 5.56 Å². The SMILES string of the molecule is Cc1c(Cl)nc(NN)c(=O)n1CC(=O)O. The van der Waals surface area contributed by atoms with Gasteiger partial charge in [-0.25, -0.2) is 10.8 Å². The van der Waals surface area contributed by atoms with Crippen LogP contribution in [-0.2, 0) is 11.3 Å². The molecular weight excluding hydrogens is 224 g/mol. The van der Waals surface area contributed by atoms with Gasteiger partial charge in [-0.05, 0) is 6.92 Å². The summed E-state index contributed by atoms with van der Waals surface area (Å²) in [6.07, 6.45) is 0. The second kappa shape index (κ2) is 4.28. The third kappa shape index (κ3) is 2.25. The Morgan fingerprint density at radius 1 is 1.73 bits per heavy atom. The molecule has 0 radical (unpaired) electrons. The Morgan fingerprint density at radius 3 is 2.80 bits per heavy atom. The molecule has 4 N–H and O–H groups in total. The number of carbonyl (C=O) groups is 1. The van der Waals surface area contributed by atoms with E-state index in [2.05, 4.69) is 10.4 Å². The van der Waals surface area contributed by atoms with Crippen LogP contribution in [0.25, 0.3) is 0 Å². The largest absolute Gasteiger partial charge is 0.480 e. The molecule has 0 atom stereocenters. The van der Waals surface area contributed by atoms with Gasteiger partial charge in [0.05, 0.1) is 5.69 Å². The summed E-state index contributed by atoms with van der Waals surface area (Å²) in [6, 6.07) is 0. The Kier molecular flexibility index (Phi) is 3.28. The first kappa shape index (κ1) is 11.5. The lowest BCUT2D eigenvalue weighted by Gasteiger charge is -2.10. The van der Waals surface area contributed by atoms with Crippen molar-refractivity contribution in [3.63, 3.8) is 0 Å². The lowest BCUT2D eigenvalue weighted by Crippen LogP contribution is -2.31. The van der Waals surface area contributed by atoms with Crippen LogP contribution in [0.1, 0.15) is 5.69 Å². The molecule has 1 heterocycles. The highest BCUT2D eigenvalue weighted by molar-refractivity contribution is 6.30. The first-order valence-electron chi connectivity index (χ1n) is 3.92. The molecule has 0 aromatic carbocycles. The Bertz CT molecular complexity index is 456. The minimum Gasteiger partial charge on any atom is -0.480 e. The summed E-state index contributed by atoms with van der Waals surface area (Å²) in [7, 11) is 0. The van der Waals surface area contributed by atoms with Gasteiger partial charge in [0.15, 0.2) is 5.15 Å². The van der Waals surface area contributed by atoms with E-state index in [1.807, 2.05) is 0 Å². The predicted molar refractivity (Wildman–Crippen MR) is 53.7 cm³/mol. The first-order chi connectivity index (χ1) is 6.97. The number of carboxylic acid groups (broad SMARTS) is 1. The van der Waals surface area contributed by atoms with Crippen molar-refractivity contribution in [3.05, 3.63) is 21.2 Å². The zero-order valence-corrected chi connectivity index (χ0v) is 8.58. The molecule has 0 fully saturated rings. The summed E-state index contributed by atoms with van der Waals surface area (Å²) in [4.78, 5) is 25.7. The number of anilines is 1. The van der Waals surface area contributed by atoms with Gasteiger partial charge in [0, 0.05) is 0 Å². The molecule has 0 bridgehead atoms. The molecule has 0 amide bonds. The van der Waals surface area contributed by atoms with Crippen LogP contribution in [0, 0.1) is 6.92 Å². The third-order valence-corrected chi connectivity index (χ3v) is 2.15. The lowest BCUT2D eigenvalue weighted by molar-refractivity contribution is -0.137. The number of carboxylic acids is 1. The van der Waals surface area contributed by atoms with Crippen molar-refractivity contribution in [3.8, 4) is 0 Å². The van der Waals surface area contributed by atoms with Crippen molar-refractivity contribution in [1.29, 1.82) is 0 Å². The van der Waals surface area contributed by atoms with Crippen molar-refractivity contribution < 1.29 is 9.90 Å². The van der Waals surface area contributed by atoms with Gasteiger partial charge in [-0.3, -0.25) is 14.2 Å². The van der Waals surface area contributed by atoms with E-state index < -0.39 is 18.1 Å². The molecule has 15 heavy (non-hydrogen) atoms. The summed E-state index contributed by atoms with van der Waals surface area (Å²) >= 11 is 5.69. The van der Waals surface area contributed by atoms with Crippen molar-refractivity contribution in [2.24, 2.45) is 5.84 Å². The molecule has 82 valence electrons. The van der Waals surface area contributed by atoms with Crippen LogP contribution in [0.4, 0.5) is 5.82 Å². The van der Waals surface area contributed by atoms with E-state index in [4.69, 9.17) is 22.6 Å². The van der Waals surface area contributed by atoms with E-state index in [9.17, 15) is 9.59 Å². The van der Waals surface area contributed by atoms with E-state index >= 15 is 0 Å². The number of aromatic nitrogens is 2. The number of halogens is 1. The molecule has 1 aromatic rings. The molecule has 8 heteroatoms. The van der Waals surface area contributed by atoms with E-state index in [1.165, 1.54) is 6.92 Å². The van der Waals surface area contributed by atoms with E-state index in [0.29, 0.717) is 0 Å². The van der Waals surface area contributed by atoms with Gasteiger partial charge in [0.2, 0.25) is 5.82 Å². The van der Waals surface area contributed by atoms with E-state index in [-0.39, 0.29) is 16.7 Å².